The zero-order valence-corrected chi connectivity index (χ0v) is 22.3. The van der Waals surface area contributed by atoms with E-state index in [4.69, 9.17) is 29.3 Å². The summed E-state index contributed by atoms with van der Waals surface area (Å²) in [6.45, 7) is 5.88. The monoisotopic (exact) mass is 598 g/mol. The van der Waals surface area contributed by atoms with Gasteiger partial charge in [-0.3, -0.25) is 9.88 Å². The number of thioether (sulfide) groups is 1. The van der Waals surface area contributed by atoms with E-state index in [-0.39, 0.29) is 0 Å². The number of nitrogens with zero attached hydrogens (tertiary/aromatic N) is 2. The van der Waals surface area contributed by atoms with Crippen LogP contribution in [0.25, 0.3) is 0 Å². The maximum Gasteiger partial charge on any atom is 0.490 e. The molecule has 3 heterocycles. The van der Waals surface area contributed by atoms with Crippen molar-refractivity contribution in [3.8, 4) is 5.75 Å². The third kappa shape index (κ3) is 10.5. The molecule has 1 aromatic carbocycles. The molecular weight excluding hydrogens is 570 g/mol. The first kappa shape index (κ1) is 33.2. The molecule has 2 saturated heterocycles. The molecule has 2 aromatic rings. The zero-order valence-electron chi connectivity index (χ0n) is 21.5. The fourth-order valence-electron chi connectivity index (χ4n) is 3.97. The lowest BCUT2D eigenvalue weighted by Gasteiger charge is -2.47. The van der Waals surface area contributed by atoms with Crippen molar-refractivity contribution in [3.05, 3.63) is 59.4 Å². The average molecular weight is 599 g/mol. The summed E-state index contributed by atoms with van der Waals surface area (Å²) in [6.07, 6.45) is -8.68. The molecule has 2 fully saturated rings. The van der Waals surface area contributed by atoms with Gasteiger partial charge in [0.25, 0.3) is 0 Å². The number of aryl methyl sites for hydroxylation is 1. The normalized spacial score (nSPS) is 18.1. The second-order valence-corrected chi connectivity index (χ2v) is 10.5. The van der Waals surface area contributed by atoms with E-state index < -0.39 is 24.3 Å². The number of rotatable bonds is 6. The van der Waals surface area contributed by atoms with Crippen molar-refractivity contribution >= 4 is 23.7 Å². The number of benzene rings is 1. The lowest BCUT2D eigenvalue weighted by molar-refractivity contribution is -0.193. The minimum absolute atomic E-state index is 0.343. The Hall–Kier alpha value is -3.04. The van der Waals surface area contributed by atoms with Crippen LogP contribution in [-0.4, -0.2) is 81.2 Å². The van der Waals surface area contributed by atoms with E-state index in [0.29, 0.717) is 17.5 Å². The van der Waals surface area contributed by atoms with Crippen molar-refractivity contribution in [1.29, 1.82) is 0 Å². The quantitative estimate of drug-likeness (QED) is 0.447. The Labute approximate surface area is 230 Å². The summed E-state index contributed by atoms with van der Waals surface area (Å²) < 4.78 is 75.5. The summed E-state index contributed by atoms with van der Waals surface area (Å²) in [5, 5.41) is 14.2. The van der Waals surface area contributed by atoms with Crippen molar-refractivity contribution in [2.75, 3.05) is 26.0 Å². The second kappa shape index (κ2) is 14.0. The summed E-state index contributed by atoms with van der Waals surface area (Å²) in [7, 11) is 1.74. The van der Waals surface area contributed by atoms with Crippen molar-refractivity contribution in [3.63, 3.8) is 0 Å². The van der Waals surface area contributed by atoms with Crippen molar-refractivity contribution in [1.82, 2.24) is 9.88 Å². The predicted molar refractivity (Wildman–Crippen MR) is 133 cm³/mol. The lowest BCUT2D eigenvalue weighted by atomic mass is 9.92. The van der Waals surface area contributed by atoms with E-state index in [1.165, 1.54) is 5.56 Å². The largest absolute Gasteiger partial charge is 0.496 e. The smallest absolute Gasteiger partial charge is 0.490 e. The molecule has 2 aliphatic rings. The van der Waals surface area contributed by atoms with E-state index >= 15 is 0 Å². The van der Waals surface area contributed by atoms with Crippen LogP contribution in [0.4, 0.5) is 26.3 Å². The third-order valence-electron chi connectivity index (χ3n) is 5.68. The second-order valence-electron chi connectivity index (χ2n) is 8.96. The van der Waals surface area contributed by atoms with Gasteiger partial charge in [0.05, 0.1) is 25.5 Å². The third-order valence-corrected chi connectivity index (χ3v) is 7.26. The molecule has 222 valence electrons. The zero-order chi connectivity index (χ0) is 30.1. The first-order valence-corrected chi connectivity index (χ1v) is 12.7. The Morgan fingerprint density at radius 2 is 1.60 bits per heavy atom. The molecular formula is C25H28F6N2O6S. The summed E-state index contributed by atoms with van der Waals surface area (Å²) >= 11 is 2.08. The topological polar surface area (TPSA) is 109 Å². The number of aliphatic carboxylic acids is 2. The molecule has 15 heteroatoms. The molecule has 2 N–H and O–H groups in total. The summed E-state index contributed by atoms with van der Waals surface area (Å²) in [5.74, 6) is -3.44. The van der Waals surface area contributed by atoms with Crippen LogP contribution in [0.3, 0.4) is 0 Å². The molecule has 1 spiro atoms. The molecule has 1 aromatic heterocycles. The minimum Gasteiger partial charge on any atom is -0.496 e. The van der Waals surface area contributed by atoms with E-state index in [0.717, 1.165) is 48.9 Å². The number of hydrogen-bond donors (Lipinski definition) is 2. The van der Waals surface area contributed by atoms with Gasteiger partial charge in [-0.15, -0.1) is 11.8 Å². The lowest BCUT2D eigenvalue weighted by Crippen LogP contribution is -2.58. The molecule has 0 saturated carbocycles. The van der Waals surface area contributed by atoms with Gasteiger partial charge in [0.15, 0.2) is 0 Å². The number of hydrogen-bond acceptors (Lipinski definition) is 7. The number of aromatic nitrogens is 1. The highest BCUT2D eigenvalue weighted by molar-refractivity contribution is 8.01. The van der Waals surface area contributed by atoms with Crippen molar-refractivity contribution in [2.45, 2.75) is 49.7 Å². The van der Waals surface area contributed by atoms with Gasteiger partial charge in [0.1, 0.15) is 5.75 Å². The van der Waals surface area contributed by atoms with Gasteiger partial charge in [0.2, 0.25) is 0 Å². The van der Waals surface area contributed by atoms with Crippen LogP contribution in [0.15, 0.2) is 42.5 Å². The Morgan fingerprint density at radius 1 is 1.02 bits per heavy atom. The number of carbonyl (C=O) groups is 2. The van der Waals surface area contributed by atoms with Crippen LogP contribution in [0.2, 0.25) is 0 Å². The highest BCUT2D eigenvalue weighted by Gasteiger charge is 2.49. The van der Waals surface area contributed by atoms with E-state index in [1.807, 2.05) is 37.3 Å². The van der Waals surface area contributed by atoms with Gasteiger partial charge in [-0.25, -0.2) is 9.59 Å². The molecule has 8 nitrogen and oxygen atoms in total. The number of carboxylic acids is 2. The van der Waals surface area contributed by atoms with E-state index in [2.05, 4.69) is 33.8 Å². The Balaban J connectivity index is 0.000000333. The Morgan fingerprint density at radius 3 is 2.12 bits per heavy atom. The number of para-hydroxylation sites is 1. The van der Waals surface area contributed by atoms with Crippen LogP contribution in [0.1, 0.15) is 23.4 Å². The maximum atomic E-state index is 10.6. The van der Waals surface area contributed by atoms with Crippen LogP contribution in [-0.2, 0) is 27.5 Å². The first-order chi connectivity index (χ1) is 18.5. The van der Waals surface area contributed by atoms with Crippen molar-refractivity contribution in [2.24, 2.45) is 0 Å². The number of ether oxygens (including phenoxy) is 2. The molecule has 1 unspecified atom stereocenters. The molecule has 0 amide bonds. The standard InChI is InChI=1S/C21H26N2O2S.2C2HF3O2/c1-16-6-5-8-18(22-16)12-25-19-10-21(26-13-19)14-23(15-21)11-17-7-3-4-9-20(17)24-2;2*3-2(4,5)1(6)7/h3-9,19H,10-15H2,1-2H3;2*(H,6,7). The number of methoxy groups -OCH3 is 1. The molecule has 4 rings (SSSR count). The molecule has 2 aliphatic heterocycles. The van der Waals surface area contributed by atoms with Crippen molar-refractivity contribution < 1.29 is 55.6 Å². The van der Waals surface area contributed by atoms with Gasteiger partial charge < -0.3 is 19.7 Å². The number of halogens is 6. The fraction of sp³-hybridized carbons (Fsp3) is 0.480. The summed E-state index contributed by atoms with van der Waals surface area (Å²) in [6, 6.07) is 14.4. The van der Waals surface area contributed by atoms with E-state index in [9.17, 15) is 26.3 Å². The van der Waals surface area contributed by atoms with E-state index in [1.54, 1.807) is 7.11 Å². The van der Waals surface area contributed by atoms with Gasteiger partial charge >= 0.3 is 24.3 Å². The van der Waals surface area contributed by atoms with Crippen LogP contribution in [0.5, 0.6) is 5.75 Å². The van der Waals surface area contributed by atoms with Crippen LogP contribution >= 0.6 is 11.8 Å². The van der Waals surface area contributed by atoms with Gasteiger partial charge in [-0.2, -0.15) is 26.3 Å². The number of alkyl halides is 6. The van der Waals surface area contributed by atoms with Crippen LogP contribution in [0, 0.1) is 6.92 Å². The predicted octanol–water partition coefficient (Wildman–Crippen LogP) is 4.94. The van der Waals surface area contributed by atoms with Gasteiger partial charge in [-0.1, -0.05) is 24.3 Å². The fourth-order valence-corrected chi connectivity index (χ4v) is 5.57. The molecule has 40 heavy (non-hydrogen) atoms. The Bertz CT molecular complexity index is 1120. The summed E-state index contributed by atoms with van der Waals surface area (Å²) in [5.41, 5.74) is 3.35. The van der Waals surface area contributed by atoms with Gasteiger partial charge in [-0.05, 0) is 31.5 Å². The SMILES string of the molecule is COc1ccccc1CN1CC2(CC(OCc3cccc(C)n3)CS2)C1.O=C(O)C(F)(F)F.O=C(O)C(F)(F)F. The molecule has 1 atom stereocenters. The number of carboxylic acid groups (broad SMARTS) is 2. The highest BCUT2D eigenvalue weighted by Crippen LogP contribution is 2.46. The molecule has 0 aliphatic carbocycles. The maximum absolute atomic E-state index is 10.6. The Kier molecular flexibility index (Phi) is 11.6. The van der Waals surface area contributed by atoms with Gasteiger partial charge in [0, 0.05) is 41.4 Å². The summed E-state index contributed by atoms with van der Waals surface area (Å²) in [4.78, 5) is 24.8. The highest BCUT2D eigenvalue weighted by atomic mass is 32.2. The average Bonchev–Trinajstić information content (AvgIpc) is 3.27. The minimum atomic E-state index is -5.08. The number of pyridine rings is 1. The van der Waals surface area contributed by atoms with Crippen LogP contribution < -0.4 is 4.74 Å². The molecule has 0 radical (unpaired) electrons. The molecule has 0 bridgehead atoms. The first-order valence-electron chi connectivity index (χ1n) is 11.7. The number of likely N-dealkylation sites (tertiary alicyclic amines) is 1.